The highest BCUT2D eigenvalue weighted by Gasteiger charge is 2.20. The van der Waals surface area contributed by atoms with Crippen molar-refractivity contribution in [2.75, 3.05) is 31.0 Å². The van der Waals surface area contributed by atoms with E-state index in [2.05, 4.69) is 30.2 Å². The smallest absolute Gasteiger partial charge is 0.264 e. The van der Waals surface area contributed by atoms with Crippen LogP contribution in [0.2, 0.25) is 0 Å². The maximum absolute atomic E-state index is 14.1. The summed E-state index contributed by atoms with van der Waals surface area (Å²) in [4.78, 5) is 8.63. The van der Waals surface area contributed by atoms with Crippen LogP contribution in [-0.4, -0.2) is 61.0 Å². The molecule has 0 spiro atoms. The molecule has 1 fully saturated rings. The Morgan fingerprint density at radius 1 is 1.19 bits per heavy atom. The Kier molecular flexibility index (Phi) is 7.69. The van der Waals surface area contributed by atoms with Gasteiger partial charge in [-0.3, -0.25) is 9.82 Å². The molecule has 10 nitrogen and oxygen atoms in total. The number of nitrogens with zero attached hydrogens (tertiary/aromatic N) is 3. The van der Waals surface area contributed by atoms with E-state index < -0.39 is 20.7 Å². The highest BCUT2D eigenvalue weighted by Crippen LogP contribution is 2.27. The largest absolute Gasteiger partial charge is 0.474 e. The molecule has 0 radical (unpaired) electrons. The quantitative estimate of drug-likeness (QED) is 0.330. The molecular formula is C23H24ClFN6O4S. The Labute approximate surface area is 213 Å². The Morgan fingerprint density at radius 3 is 2.75 bits per heavy atom. The fourth-order valence-electron chi connectivity index (χ4n) is 3.66. The van der Waals surface area contributed by atoms with Crippen molar-refractivity contribution in [1.29, 1.82) is 0 Å². The van der Waals surface area contributed by atoms with Crippen molar-refractivity contribution < 1.29 is 22.3 Å². The lowest BCUT2D eigenvalue weighted by molar-refractivity contribution is -0.000382. The van der Waals surface area contributed by atoms with Crippen molar-refractivity contribution in [2.45, 2.75) is 17.9 Å². The van der Waals surface area contributed by atoms with Gasteiger partial charge in [-0.25, -0.2) is 17.8 Å². The Hall–Kier alpha value is -3.32. The minimum absolute atomic E-state index is 0. The zero-order valence-corrected chi connectivity index (χ0v) is 20.8. The molecule has 13 heteroatoms. The normalized spacial score (nSPS) is 15.9. The lowest BCUT2D eigenvalue weighted by Crippen LogP contribution is -2.41. The third-order valence-electron chi connectivity index (χ3n) is 5.46. The second-order valence-corrected chi connectivity index (χ2v) is 9.76. The molecular weight excluding hydrogens is 511 g/mol. The molecule has 3 heterocycles. The number of rotatable bonds is 7. The monoisotopic (exact) mass is 534 g/mol. The second-order valence-electron chi connectivity index (χ2n) is 8.11. The van der Waals surface area contributed by atoms with E-state index in [1.165, 1.54) is 12.1 Å². The van der Waals surface area contributed by atoms with Gasteiger partial charge in [-0.15, -0.1) is 12.4 Å². The maximum atomic E-state index is 14.1. The van der Waals surface area contributed by atoms with Crippen LogP contribution in [0.25, 0.3) is 22.4 Å². The highest BCUT2D eigenvalue weighted by molar-refractivity contribution is 7.92. The van der Waals surface area contributed by atoms with Crippen molar-refractivity contribution >= 4 is 39.2 Å². The van der Waals surface area contributed by atoms with Gasteiger partial charge in [0.1, 0.15) is 28.8 Å². The molecule has 1 aliphatic heterocycles. The summed E-state index contributed by atoms with van der Waals surface area (Å²) in [6.07, 6.45) is 1.51. The van der Waals surface area contributed by atoms with Crippen LogP contribution in [0.15, 0.2) is 53.6 Å². The fourth-order valence-corrected chi connectivity index (χ4v) is 4.88. The van der Waals surface area contributed by atoms with Crippen LogP contribution in [0.1, 0.15) is 5.56 Å². The first-order valence-electron chi connectivity index (χ1n) is 10.9. The van der Waals surface area contributed by atoms with E-state index in [1.807, 2.05) is 0 Å². The zero-order valence-electron chi connectivity index (χ0n) is 19.2. The van der Waals surface area contributed by atoms with Gasteiger partial charge in [0.2, 0.25) is 5.88 Å². The molecule has 0 aliphatic carbocycles. The first kappa shape index (κ1) is 25.8. The molecule has 1 atom stereocenters. The van der Waals surface area contributed by atoms with Crippen LogP contribution in [0.5, 0.6) is 5.88 Å². The summed E-state index contributed by atoms with van der Waals surface area (Å²) in [6.45, 7) is 4.14. The minimum atomic E-state index is -4.10. The van der Waals surface area contributed by atoms with Gasteiger partial charge >= 0.3 is 0 Å². The topological polar surface area (TPSA) is 131 Å². The molecule has 1 saturated heterocycles. The number of benzene rings is 2. The molecule has 1 aliphatic rings. The summed E-state index contributed by atoms with van der Waals surface area (Å²) >= 11 is 0. The van der Waals surface area contributed by atoms with E-state index in [0.29, 0.717) is 53.6 Å². The third-order valence-corrected chi connectivity index (χ3v) is 6.85. The van der Waals surface area contributed by atoms with Gasteiger partial charge in [0.25, 0.3) is 10.0 Å². The van der Waals surface area contributed by atoms with Crippen LogP contribution in [-0.2, 0) is 14.8 Å². The Balaban J connectivity index is 0.00000304. The fraction of sp³-hybridized carbons (Fsp3) is 0.261. The van der Waals surface area contributed by atoms with Crippen LogP contribution in [0.4, 0.5) is 10.1 Å². The van der Waals surface area contributed by atoms with Gasteiger partial charge in [-0.1, -0.05) is 6.07 Å². The average molecular weight is 535 g/mol. The van der Waals surface area contributed by atoms with Crippen LogP contribution >= 0.6 is 12.4 Å². The molecule has 1 unspecified atom stereocenters. The van der Waals surface area contributed by atoms with E-state index in [4.69, 9.17) is 9.47 Å². The lowest BCUT2D eigenvalue weighted by atomic mass is 10.2. The van der Waals surface area contributed by atoms with E-state index in [0.717, 1.165) is 12.6 Å². The number of H-pyrrole nitrogens is 1. The first-order chi connectivity index (χ1) is 16.9. The van der Waals surface area contributed by atoms with Crippen molar-refractivity contribution in [1.82, 2.24) is 25.5 Å². The second kappa shape index (κ2) is 10.7. The average Bonchev–Trinajstić information content (AvgIpc) is 3.34. The van der Waals surface area contributed by atoms with Gasteiger partial charge in [0, 0.05) is 24.3 Å². The molecule has 0 saturated carbocycles. The summed E-state index contributed by atoms with van der Waals surface area (Å²) in [5.74, 6) is -0.0749. The Bertz CT molecular complexity index is 1460. The molecule has 0 amide bonds. The summed E-state index contributed by atoms with van der Waals surface area (Å²) in [6, 6.07) is 10.4. The van der Waals surface area contributed by atoms with Gasteiger partial charge < -0.3 is 14.8 Å². The van der Waals surface area contributed by atoms with Gasteiger partial charge in [0.15, 0.2) is 11.5 Å². The van der Waals surface area contributed by atoms with E-state index in [1.54, 1.807) is 37.4 Å². The van der Waals surface area contributed by atoms with Gasteiger partial charge in [0.05, 0.1) is 12.8 Å². The summed E-state index contributed by atoms with van der Waals surface area (Å²) in [5.41, 5.74) is 2.05. The summed E-state index contributed by atoms with van der Waals surface area (Å²) in [5, 5.41) is 10.7. The van der Waals surface area contributed by atoms with Crippen LogP contribution < -0.4 is 14.8 Å². The number of halogens is 2. The predicted octanol–water partition coefficient (Wildman–Crippen LogP) is 3.06. The number of ether oxygens (including phenoxy) is 2. The van der Waals surface area contributed by atoms with Crippen molar-refractivity contribution in [3.05, 3.63) is 60.0 Å². The van der Waals surface area contributed by atoms with E-state index in [-0.39, 0.29) is 24.2 Å². The maximum Gasteiger partial charge on any atom is 0.264 e. The number of aromatic amines is 1. The molecule has 190 valence electrons. The number of hydrogen-bond donors (Lipinski definition) is 3. The van der Waals surface area contributed by atoms with Crippen molar-refractivity contribution in [2.24, 2.45) is 0 Å². The number of fused-ring (bicyclic) bond motifs is 1. The molecule has 36 heavy (non-hydrogen) atoms. The molecule has 5 rings (SSSR count). The van der Waals surface area contributed by atoms with E-state index >= 15 is 0 Å². The van der Waals surface area contributed by atoms with Crippen LogP contribution in [0, 0.1) is 12.7 Å². The molecule has 0 bridgehead atoms. The number of morpholine rings is 1. The third kappa shape index (κ3) is 5.57. The Morgan fingerprint density at radius 2 is 2.00 bits per heavy atom. The summed E-state index contributed by atoms with van der Waals surface area (Å²) in [7, 11) is -4.10. The number of hydrogen-bond acceptors (Lipinski definition) is 8. The molecule has 2 aromatic carbocycles. The minimum Gasteiger partial charge on any atom is -0.474 e. The van der Waals surface area contributed by atoms with Crippen molar-refractivity contribution in [3.8, 4) is 17.3 Å². The number of aromatic nitrogens is 4. The van der Waals surface area contributed by atoms with E-state index in [9.17, 15) is 12.8 Å². The first-order valence-corrected chi connectivity index (χ1v) is 12.4. The van der Waals surface area contributed by atoms with Gasteiger partial charge in [-0.05, 0) is 48.9 Å². The SMILES string of the molecule is Cc1ccc(F)c(S(=O)(=O)Nc2ccc(-c3nc(OCC4CNCCO4)c4cn[nH]c4n3)cc2)c1.Cl. The molecule has 3 N–H and O–H groups in total. The number of aryl methyl sites for hydroxylation is 1. The highest BCUT2D eigenvalue weighted by atomic mass is 35.5. The molecule has 4 aromatic rings. The standard InChI is InChI=1S/C23H23FN6O4S.ClH/c1-14-2-7-19(24)20(10-14)35(31,32)30-16-5-3-15(4-6-16)21-27-22-18(12-26-29-22)23(28-21)34-13-17-11-25-8-9-33-17;/h2-7,10,12,17,25,30H,8-9,11,13H2,1H3,(H,26,27,28,29);1H. The number of anilines is 1. The predicted molar refractivity (Wildman–Crippen MR) is 134 cm³/mol. The summed E-state index contributed by atoms with van der Waals surface area (Å²) < 4.78 is 53.5. The molecule has 2 aromatic heterocycles. The van der Waals surface area contributed by atoms with Crippen LogP contribution in [0.3, 0.4) is 0 Å². The van der Waals surface area contributed by atoms with Gasteiger partial charge in [-0.2, -0.15) is 10.1 Å². The zero-order chi connectivity index (χ0) is 24.4. The number of nitrogens with one attached hydrogen (secondary N) is 3. The number of sulfonamides is 1. The van der Waals surface area contributed by atoms with Crippen molar-refractivity contribution in [3.63, 3.8) is 0 Å². The lowest BCUT2D eigenvalue weighted by Gasteiger charge is -2.23.